The predicted molar refractivity (Wildman–Crippen MR) is 127 cm³/mol. The zero-order valence-corrected chi connectivity index (χ0v) is 19.7. The Labute approximate surface area is 192 Å². The molecule has 6 nitrogen and oxygen atoms in total. The third-order valence-corrected chi connectivity index (χ3v) is 5.99. The molecule has 0 saturated heterocycles. The highest BCUT2D eigenvalue weighted by Gasteiger charge is 2.20. The number of benzene rings is 2. The van der Waals surface area contributed by atoms with Gasteiger partial charge in [-0.05, 0) is 56.0 Å². The number of aryl methyl sites for hydroxylation is 2. The molecule has 0 spiro atoms. The molecule has 0 aliphatic carbocycles. The largest absolute Gasteiger partial charge is 0.494 e. The van der Waals surface area contributed by atoms with E-state index in [4.69, 9.17) is 9.47 Å². The van der Waals surface area contributed by atoms with Crippen molar-refractivity contribution in [1.29, 1.82) is 0 Å². The monoisotopic (exact) mass is 452 g/mol. The summed E-state index contributed by atoms with van der Waals surface area (Å²) in [6, 6.07) is 13.5. The number of thiazole rings is 1. The van der Waals surface area contributed by atoms with Crippen molar-refractivity contribution in [3.63, 3.8) is 0 Å². The molecule has 0 atom stereocenters. The first-order valence-corrected chi connectivity index (χ1v) is 11.5. The van der Waals surface area contributed by atoms with Crippen LogP contribution in [0.4, 0.5) is 10.8 Å². The Hall–Kier alpha value is -3.19. The highest BCUT2D eigenvalue weighted by molar-refractivity contribution is 7.14. The molecule has 1 heterocycles. The fourth-order valence-corrected chi connectivity index (χ4v) is 4.18. The van der Waals surface area contributed by atoms with Crippen LogP contribution in [-0.2, 0) is 27.4 Å². The van der Waals surface area contributed by atoms with Crippen LogP contribution in [0.25, 0.3) is 0 Å². The summed E-state index contributed by atoms with van der Waals surface area (Å²) in [5.41, 5.74) is 4.53. The summed E-state index contributed by atoms with van der Waals surface area (Å²) < 4.78 is 11.0. The minimum absolute atomic E-state index is 0.0704. The number of ether oxygens (including phenoxy) is 2. The quantitative estimate of drug-likeness (QED) is 0.400. The van der Waals surface area contributed by atoms with Gasteiger partial charge in [-0.15, -0.1) is 11.3 Å². The molecule has 168 valence electrons. The average molecular weight is 453 g/mol. The van der Waals surface area contributed by atoms with E-state index in [-0.39, 0.29) is 24.9 Å². The second-order valence-electron chi connectivity index (χ2n) is 7.40. The van der Waals surface area contributed by atoms with E-state index in [1.807, 2.05) is 68.6 Å². The van der Waals surface area contributed by atoms with Gasteiger partial charge in [-0.3, -0.25) is 14.5 Å². The molecular formula is C25H28N2O4S. The summed E-state index contributed by atoms with van der Waals surface area (Å²) in [5, 5.41) is 2.37. The SMILES string of the molecule is CCOc1ccccc1CCC(=O)OCc1csc(N(C(C)=O)c2cccc(C)c2C)n1. The molecule has 0 aliphatic heterocycles. The normalized spacial score (nSPS) is 10.6. The van der Waals surface area contributed by atoms with Gasteiger partial charge in [0.15, 0.2) is 5.13 Å². The van der Waals surface area contributed by atoms with Crippen LogP contribution >= 0.6 is 11.3 Å². The van der Waals surface area contributed by atoms with E-state index in [1.165, 1.54) is 18.3 Å². The van der Waals surface area contributed by atoms with Gasteiger partial charge in [0.1, 0.15) is 12.4 Å². The fraction of sp³-hybridized carbons (Fsp3) is 0.320. The van der Waals surface area contributed by atoms with E-state index in [0.717, 1.165) is 28.1 Å². The van der Waals surface area contributed by atoms with Crippen LogP contribution in [0.1, 0.15) is 42.7 Å². The number of aromatic nitrogens is 1. The van der Waals surface area contributed by atoms with Gasteiger partial charge >= 0.3 is 5.97 Å². The smallest absolute Gasteiger partial charge is 0.306 e. The minimum Gasteiger partial charge on any atom is -0.494 e. The molecule has 3 aromatic rings. The standard InChI is InChI=1S/C25H28N2O4S/c1-5-30-23-12-7-6-10-20(23)13-14-24(29)31-15-21-16-32-25(26-21)27(19(4)28)22-11-8-9-17(2)18(22)3/h6-12,16H,5,13-15H2,1-4H3. The maximum Gasteiger partial charge on any atom is 0.306 e. The summed E-state index contributed by atoms with van der Waals surface area (Å²) in [4.78, 5) is 30.8. The first-order valence-electron chi connectivity index (χ1n) is 10.6. The van der Waals surface area contributed by atoms with Crippen molar-refractivity contribution in [3.8, 4) is 5.75 Å². The van der Waals surface area contributed by atoms with Crippen molar-refractivity contribution in [2.45, 2.75) is 47.1 Å². The van der Waals surface area contributed by atoms with Crippen LogP contribution in [-0.4, -0.2) is 23.5 Å². The molecule has 0 bridgehead atoms. The summed E-state index contributed by atoms with van der Waals surface area (Å²) in [7, 11) is 0. The number of carbonyl (C=O) groups excluding carboxylic acids is 2. The van der Waals surface area contributed by atoms with E-state index < -0.39 is 0 Å². The molecule has 7 heteroatoms. The maximum atomic E-state index is 12.4. The molecule has 1 aromatic heterocycles. The lowest BCUT2D eigenvalue weighted by molar-refractivity contribution is -0.145. The average Bonchev–Trinajstić information content (AvgIpc) is 3.23. The number of anilines is 2. The van der Waals surface area contributed by atoms with Crippen molar-refractivity contribution in [2.75, 3.05) is 11.5 Å². The Morgan fingerprint density at radius 3 is 2.62 bits per heavy atom. The second-order valence-corrected chi connectivity index (χ2v) is 8.23. The van der Waals surface area contributed by atoms with Crippen molar-refractivity contribution >= 4 is 34.0 Å². The molecule has 3 rings (SSSR count). The molecule has 0 N–H and O–H groups in total. The Morgan fingerprint density at radius 2 is 1.88 bits per heavy atom. The van der Waals surface area contributed by atoms with Gasteiger partial charge in [0.2, 0.25) is 5.91 Å². The first-order chi connectivity index (χ1) is 15.4. The molecule has 0 unspecified atom stereocenters. The van der Waals surface area contributed by atoms with Crippen molar-refractivity contribution in [1.82, 2.24) is 4.98 Å². The minimum atomic E-state index is -0.302. The molecule has 0 radical (unpaired) electrons. The molecule has 1 amide bonds. The summed E-state index contributed by atoms with van der Waals surface area (Å²) in [6.45, 7) is 8.09. The summed E-state index contributed by atoms with van der Waals surface area (Å²) >= 11 is 1.35. The highest BCUT2D eigenvalue weighted by Crippen LogP contribution is 2.32. The van der Waals surface area contributed by atoms with Crippen molar-refractivity contribution < 1.29 is 19.1 Å². The van der Waals surface area contributed by atoms with Gasteiger partial charge in [-0.25, -0.2) is 4.98 Å². The zero-order chi connectivity index (χ0) is 23.1. The molecule has 0 saturated carbocycles. The number of rotatable bonds is 9. The van der Waals surface area contributed by atoms with E-state index in [1.54, 1.807) is 4.90 Å². The molecule has 0 aliphatic rings. The third kappa shape index (κ3) is 5.73. The lowest BCUT2D eigenvalue weighted by Gasteiger charge is -2.21. The summed E-state index contributed by atoms with van der Waals surface area (Å²) in [5.74, 6) is 0.371. The Bertz CT molecular complexity index is 1090. The van der Waals surface area contributed by atoms with Crippen LogP contribution < -0.4 is 9.64 Å². The number of amides is 1. The lowest BCUT2D eigenvalue weighted by Crippen LogP contribution is -2.23. The molecular weight excluding hydrogens is 424 g/mol. The number of para-hydroxylation sites is 1. The third-order valence-electron chi connectivity index (χ3n) is 5.11. The van der Waals surface area contributed by atoms with Crippen LogP contribution in [0.5, 0.6) is 5.75 Å². The van der Waals surface area contributed by atoms with E-state index in [9.17, 15) is 9.59 Å². The Kier molecular flexibility index (Phi) is 8.00. The Morgan fingerprint density at radius 1 is 1.09 bits per heavy atom. The number of hydrogen-bond donors (Lipinski definition) is 0. The number of hydrogen-bond acceptors (Lipinski definition) is 6. The van der Waals surface area contributed by atoms with Crippen LogP contribution in [0.15, 0.2) is 47.8 Å². The highest BCUT2D eigenvalue weighted by atomic mass is 32.1. The fourth-order valence-electron chi connectivity index (χ4n) is 3.32. The number of carbonyl (C=O) groups is 2. The van der Waals surface area contributed by atoms with Gasteiger partial charge < -0.3 is 9.47 Å². The van der Waals surface area contributed by atoms with Gasteiger partial charge in [0.25, 0.3) is 0 Å². The van der Waals surface area contributed by atoms with Crippen LogP contribution in [0.3, 0.4) is 0 Å². The van der Waals surface area contributed by atoms with Gasteiger partial charge in [-0.1, -0.05) is 30.3 Å². The first kappa shape index (κ1) is 23.5. The predicted octanol–water partition coefficient (Wildman–Crippen LogP) is 5.52. The van der Waals surface area contributed by atoms with Gasteiger partial charge in [-0.2, -0.15) is 0 Å². The van der Waals surface area contributed by atoms with Gasteiger partial charge in [0, 0.05) is 18.7 Å². The van der Waals surface area contributed by atoms with E-state index in [2.05, 4.69) is 4.98 Å². The van der Waals surface area contributed by atoms with Crippen LogP contribution in [0, 0.1) is 13.8 Å². The number of nitrogens with zero attached hydrogens (tertiary/aromatic N) is 2. The van der Waals surface area contributed by atoms with Crippen molar-refractivity contribution in [2.24, 2.45) is 0 Å². The molecule has 2 aromatic carbocycles. The summed E-state index contributed by atoms with van der Waals surface area (Å²) in [6.07, 6.45) is 0.797. The zero-order valence-electron chi connectivity index (χ0n) is 18.9. The topological polar surface area (TPSA) is 68.7 Å². The lowest BCUT2D eigenvalue weighted by atomic mass is 10.1. The maximum absolute atomic E-state index is 12.4. The molecule has 32 heavy (non-hydrogen) atoms. The van der Waals surface area contributed by atoms with E-state index in [0.29, 0.717) is 23.9 Å². The van der Waals surface area contributed by atoms with Crippen molar-refractivity contribution in [3.05, 3.63) is 70.2 Å². The van der Waals surface area contributed by atoms with Crippen LogP contribution in [0.2, 0.25) is 0 Å². The van der Waals surface area contributed by atoms with Gasteiger partial charge in [0.05, 0.1) is 18.0 Å². The number of esters is 1. The molecule has 0 fully saturated rings. The Balaban J connectivity index is 1.61. The van der Waals surface area contributed by atoms with E-state index >= 15 is 0 Å². The second kappa shape index (κ2) is 10.9.